The van der Waals surface area contributed by atoms with Crippen molar-refractivity contribution in [1.82, 2.24) is 14.6 Å². The highest BCUT2D eigenvalue weighted by atomic mass is 35.5. The lowest BCUT2D eigenvalue weighted by atomic mass is 9.96. The number of halogens is 1. The molecule has 0 unspecified atom stereocenters. The van der Waals surface area contributed by atoms with E-state index in [-0.39, 0.29) is 0 Å². The topological polar surface area (TPSA) is 68.9 Å². The monoisotopic (exact) mass is 367 g/mol. The van der Waals surface area contributed by atoms with Crippen molar-refractivity contribution >= 4 is 23.1 Å². The van der Waals surface area contributed by atoms with E-state index in [1.165, 1.54) is 44.9 Å². The summed E-state index contributed by atoms with van der Waals surface area (Å²) < 4.78 is 1.89. The fraction of sp³-hybridized carbons (Fsp3) is 0.400. The number of imidazole rings is 1. The molecule has 4 rings (SSSR count). The molecule has 1 aliphatic rings. The standard InChI is InChI=1S/C20H22ClN5/c21-16-10-8-14(9-11-16)18-20(24-17-6-4-2-1-3-5-7-17)26-19(25-18)15(12-22)13-23-26/h8-11,13,17,23-24H,1-7H2. The maximum Gasteiger partial charge on any atom is 0.173 e. The van der Waals surface area contributed by atoms with E-state index in [4.69, 9.17) is 16.6 Å². The third kappa shape index (κ3) is 3.30. The number of hydrogen-bond donors (Lipinski definition) is 2. The van der Waals surface area contributed by atoms with E-state index in [0.717, 1.165) is 17.1 Å². The summed E-state index contributed by atoms with van der Waals surface area (Å²) in [6.45, 7) is 0. The van der Waals surface area contributed by atoms with Crippen molar-refractivity contribution in [2.75, 3.05) is 5.32 Å². The molecule has 2 aromatic heterocycles. The molecule has 0 bridgehead atoms. The lowest BCUT2D eigenvalue weighted by Gasteiger charge is -2.22. The van der Waals surface area contributed by atoms with Gasteiger partial charge in [0.15, 0.2) is 11.5 Å². The number of hydrogen-bond acceptors (Lipinski definition) is 3. The van der Waals surface area contributed by atoms with Crippen LogP contribution in [0.1, 0.15) is 50.5 Å². The minimum Gasteiger partial charge on any atom is -0.365 e. The zero-order chi connectivity index (χ0) is 17.9. The van der Waals surface area contributed by atoms with Gasteiger partial charge in [-0.1, -0.05) is 55.8 Å². The number of benzene rings is 1. The van der Waals surface area contributed by atoms with Gasteiger partial charge in [-0.25, -0.2) is 9.50 Å². The van der Waals surface area contributed by atoms with Gasteiger partial charge in [-0.15, -0.1) is 0 Å². The quantitative estimate of drug-likeness (QED) is 0.653. The Morgan fingerprint density at radius 1 is 1.12 bits per heavy atom. The Morgan fingerprint density at radius 2 is 1.81 bits per heavy atom. The number of fused-ring (bicyclic) bond motifs is 1. The predicted octanol–water partition coefficient (Wildman–Crippen LogP) is 5.38. The maximum absolute atomic E-state index is 9.36. The Morgan fingerprint density at radius 3 is 2.50 bits per heavy atom. The van der Waals surface area contributed by atoms with Gasteiger partial charge in [0.25, 0.3) is 0 Å². The number of rotatable bonds is 3. The first-order chi connectivity index (χ1) is 12.8. The molecule has 0 atom stereocenters. The van der Waals surface area contributed by atoms with Crippen LogP contribution in [-0.4, -0.2) is 20.6 Å². The highest BCUT2D eigenvalue weighted by molar-refractivity contribution is 6.30. The maximum atomic E-state index is 9.36. The van der Waals surface area contributed by atoms with E-state index in [1.807, 2.05) is 28.8 Å². The fourth-order valence-electron chi connectivity index (χ4n) is 3.74. The molecular weight excluding hydrogens is 346 g/mol. The van der Waals surface area contributed by atoms with Crippen LogP contribution < -0.4 is 5.32 Å². The van der Waals surface area contributed by atoms with Crippen molar-refractivity contribution < 1.29 is 0 Å². The number of H-pyrrole nitrogens is 1. The van der Waals surface area contributed by atoms with Crippen molar-refractivity contribution in [3.8, 4) is 17.3 Å². The molecular formula is C20H22ClN5. The van der Waals surface area contributed by atoms with E-state index >= 15 is 0 Å². The van der Waals surface area contributed by atoms with Gasteiger partial charge < -0.3 is 5.32 Å². The van der Waals surface area contributed by atoms with Crippen molar-refractivity contribution in [2.45, 2.75) is 51.0 Å². The summed E-state index contributed by atoms with van der Waals surface area (Å²) in [6, 6.07) is 10.3. The van der Waals surface area contributed by atoms with E-state index in [2.05, 4.69) is 16.5 Å². The second-order valence-electron chi connectivity index (χ2n) is 6.96. The first-order valence-electron chi connectivity index (χ1n) is 9.28. The van der Waals surface area contributed by atoms with Gasteiger partial charge in [0.05, 0.1) is 0 Å². The second-order valence-corrected chi connectivity index (χ2v) is 7.40. The fourth-order valence-corrected chi connectivity index (χ4v) is 3.86. The largest absolute Gasteiger partial charge is 0.365 e. The summed E-state index contributed by atoms with van der Waals surface area (Å²) in [6.07, 6.45) is 10.5. The first kappa shape index (κ1) is 17.0. The molecule has 0 aliphatic heterocycles. The number of aromatic amines is 1. The molecule has 0 spiro atoms. The average molecular weight is 368 g/mol. The molecule has 1 saturated carbocycles. The molecule has 2 heterocycles. The molecule has 1 aromatic carbocycles. The van der Waals surface area contributed by atoms with Crippen LogP contribution in [0.15, 0.2) is 30.5 Å². The predicted molar refractivity (Wildman–Crippen MR) is 104 cm³/mol. The Labute approximate surface area is 158 Å². The normalized spacial score (nSPS) is 16.2. The molecule has 5 nitrogen and oxygen atoms in total. The number of anilines is 1. The van der Waals surface area contributed by atoms with Gasteiger partial charge in [-0.2, -0.15) is 5.26 Å². The highest BCUT2D eigenvalue weighted by Gasteiger charge is 2.21. The third-order valence-corrected chi connectivity index (χ3v) is 5.39. The highest BCUT2D eigenvalue weighted by Crippen LogP contribution is 2.32. The number of aromatic nitrogens is 3. The number of nitriles is 1. The Balaban J connectivity index is 1.75. The second kappa shape index (κ2) is 7.43. The van der Waals surface area contributed by atoms with Crippen LogP contribution in [0, 0.1) is 11.3 Å². The molecule has 2 N–H and O–H groups in total. The van der Waals surface area contributed by atoms with E-state index in [9.17, 15) is 5.26 Å². The summed E-state index contributed by atoms with van der Waals surface area (Å²) in [5.41, 5.74) is 3.05. The van der Waals surface area contributed by atoms with Crippen molar-refractivity contribution in [3.05, 3.63) is 41.0 Å². The average Bonchev–Trinajstić information content (AvgIpc) is 3.17. The van der Waals surface area contributed by atoms with E-state index < -0.39 is 0 Å². The minimum absolute atomic E-state index is 0.426. The third-order valence-electron chi connectivity index (χ3n) is 5.14. The van der Waals surface area contributed by atoms with Gasteiger partial charge in [0.1, 0.15) is 17.3 Å². The summed E-state index contributed by atoms with van der Waals surface area (Å²) in [4.78, 5) is 4.75. The first-order valence-corrected chi connectivity index (χ1v) is 9.66. The Kier molecular flexibility index (Phi) is 4.85. The summed E-state index contributed by atoms with van der Waals surface area (Å²) in [5, 5.41) is 16.9. The number of nitrogens with zero attached hydrogens (tertiary/aromatic N) is 3. The van der Waals surface area contributed by atoms with Crippen LogP contribution in [0.4, 0.5) is 5.82 Å². The molecule has 1 fully saturated rings. The van der Waals surface area contributed by atoms with Gasteiger partial charge in [0, 0.05) is 22.8 Å². The van der Waals surface area contributed by atoms with E-state index in [0.29, 0.717) is 22.3 Å². The minimum atomic E-state index is 0.426. The Hall–Kier alpha value is -2.45. The molecule has 134 valence electrons. The van der Waals surface area contributed by atoms with Crippen molar-refractivity contribution in [3.63, 3.8) is 0 Å². The van der Waals surface area contributed by atoms with Crippen LogP contribution in [0.2, 0.25) is 5.02 Å². The van der Waals surface area contributed by atoms with Gasteiger partial charge in [0.2, 0.25) is 0 Å². The SMILES string of the molecule is N#Cc1c[nH]n2c(NC3CCCCCCC3)c(-c3ccc(Cl)cc3)nc12. The smallest absolute Gasteiger partial charge is 0.173 e. The lowest BCUT2D eigenvalue weighted by Crippen LogP contribution is -2.22. The van der Waals surface area contributed by atoms with Crippen LogP contribution in [0.3, 0.4) is 0 Å². The van der Waals surface area contributed by atoms with Gasteiger partial charge in [-0.05, 0) is 25.0 Å². The molecule has 0 saturated heterocycles. The zero-order valence-electron chi connectivity index (χ0n) is 14.6. The van der Waals surface area contributed by atoms with Crippen LogP contribution in [0.25, 0.3) is 16.9 Å². The number of nitrogens with one attached hydrogen (secondary N) is 2. The van der Waals surface area contributed by atoms with E-state index in [1.54, 1.807) is 6.20 Å². The van der Waals surface area contributed by atoms with Gasteiger partial charge >= 0.3 is 0 Å². The molecule has 6 heteroatoms. The molecule has 1 aliphatic carbocycles. The molecule has 3 aromatic rings. The molecule has 0 amide bonds. The zero-order valence-corrected chi connectivity index (χ0v) is 15.4. The van der Waals surface area contributed by atoms with Crippen LogP contribution in [-0.2, 0) is 0 Å². The van der Waals surface area contributed by atoms with Crippen LogP contribution >= 0.6 is 11.6 Å². The van der Waals surface area contributed by atoms with Crippen LogP contribution in [0.5, 0.6) is 0 Å². The summed E-state index contributed by atoms with van der Waals surface area (Å²) >= 11 is 6.04. The molecule has 26 heavy (non-hydrogen) atoms. The Bertz CT molecular complexity index is 924. The lowest BCUT2D eigenvalue weighted by molar-refractivity contribution is 0.470. The van der Waals surface area contributed by atoms with Gasteiger partial charge in [-0.3, -0.25) is 5.10 Å². The van der Waals surface area contributed by atoms with Crippen molar-refractivity contribution in [1.29, 1.82) is 5.26 Å². The summed E-state index contributed by atoms with van der Waals surface area (Å²) in [7, 11) is 0. The van der Waals surface area contributed by atoms with Crippen molar-refractivity contribution in [2.24, 2.45) is 0 Å². The molecule has 0 radical (unpaired) electrons. The summed E-state index contributed by atoms with van der Waals surface area (Å²) in [5.74, 6) is 0.925.